The summed E-state index contributed by atoms with van der Waals surface area (Å²) in [6.07, 6.45) is 0.958. The minimum Gasteiger partial charge on any atom is -0.481 e. The van der Waals surface area contributed by atoms with Crippen molar-refractivity contribution in [2.24, 2.45) is 17.3 Å². The lowest BCUT2D eigenvalue weighted by Crippen LogP contribution is -2.43. The Morgan fingerprint density at radius 1 is 1.42 bits per heavy atom. The monoisotopic (exact) mass is 271 g/mol. The second kappa shape index (κ2) is 6.37. The highest BCUT2D eigenvalue weighted by atomic mass is 16.5. The number of carboxylic acids is 1. The van der Waals surface area contributed by atoms with Gasteiger partial charge in [0.15, 0.2) is 0 Å². The minimum absolute atomic E-state index is 0.0118. The van der Waals surface area contributed by atoms with E-state index >= 15 is 0 Å². The van der Waals surface area contributed by atoms with Crippen LogP contribution in [0.1, 0.15) is 40.5 Å². The van der Waals surface area contributed by atoms with Crippen molar-refractivity contribution in [1.29, 1.82) is 0 Å². The van der Waals surface area contributed by atoms with Crippen LogP contribution in [0.25, 0.3) is 0 Å². The molecule has 5 heteroatoms. The molecule has 110 valence electrons. The number of amides is 1. The predicted octanol–water partition coefficient (Wildman–Crippen LogP) is 1.66. The molecule has 19 heavy (non-hydrogen) atoms. The lowest BCUT2D eigenvalue weighted by molar-refractivity contribution is -0.153. The van der Waals surface area contributed by atoms with E-state index in [9.17, 15) is 14.7 Å². The molecule has 5 nitrogen and oxygen atoms in total. The van der Waals surface area contributed by atoms with Crippen LogP contribution in [0.15, 0.2) is 0 Å². The second-order valence-corrected chi connectivity index (χ2v) is 6.03. The molecule has 2 N–H and O–H groups in total. The molecule has 1 rings (SSSR count). The first-order valence-electron chi connectivity index (χ1n) is 6.88. The summed E-state index contributed by atoms with van der Waals surface area (Å²) in [7, 11) is 0. The zero-order valence-corrected chi connectivity index (χ0v) is 12.2. The van der Waals surface area contributed by atoms with Gasteiger partial charge in [0.05, 0.1) is 12.0 Å². The van der Waals surface area contributed by atoms with Crippen LogP contribution >= 0.6 is 0 Å². The average molecular weight is 271 g/mol. The Bertz CT molecular complexity index is 336. The molecule has 1 aliphatic heterocycles. The van der Waals surface area contributed by atoms with Gasteiger partial charge in [0.2, 0.25) is 5.91 Å². The number of ether oxygens (including phenoxy) is 1. The van der Waals surface area contributed by atoms with Crippen LogP contribution in [0.4, 0.5) is 0 Å². The van der Waals surface area contributed by atoms with E-state index in [1.165, 1.54) is 0 Å². The number of carboxylic acid groups (broad SMARTS) is 1. The molecule has 1 fully saturated rings. The van der Waals surface area contributed by atoms with Crippen molar-refractivity contribution in [3.8, 4) is 0 Å². The fourth-order valence-electron chi connectivity index (χ4n) is 2.23. The topological polar surface area (TPSA) is 75.6 Å². The molecular formula is C14H25NO4. The quantitative estimate of drug-likeness (QED) is 0.770. The molecule has 0 saturated carbocycles. The van der Waals surface area contributed by atoms with Crippen LogP contribution in [0.5, 0.6) is 0 Å². The first kappa shape index (κ1) is 16.0. The average Bonchev–Trinajstić information content (AvgIpc) is 2.81. The fourth-order valence-corrected chi connectivity index (χ4v) is 2.23. The van der Waals surface area contributed by atoms with Crippen LogP contribution < -0.4 is 5.32 Å². The van der Waals surface area contributed by atoms with E-state index in [0.717, 1.165) is 13.0 Å². The Balaban J connectivity index is 2.55. The third-order valence-corrected chi connectivity index (χ3v) is 4.35. The van der Waals surface area contributed by atoms with Gasteiger partial charge in [-0.1, -0.05) is 13.8 Å². The van der Waals surface area contributed by atoms with Crippen molar-refractivity contribution in [1.82, 2.24) is 5.32 Å². The van der Waals surface area contributed by atoms with Crippen LogP contribution in [-0.2, 0) is 14.3 Å². The molecule has 3 unspecified atom stereocenters. The summed E-state index contributed by atoms with van der Waals surface area (Å²) in [6.45, 7) is 8.64. The van der Waals surface area contributed by atoms with Crippen molar-refractivity contribution in [2.75, 3.05) is 13.2 Å². The second-order valence-electron chi connectivity index (χ2n) is 6.03. The Labute approximate surface area is 114 Å². The van der Waals surface area contributed by atoms with Gasteiger partial charge in [0.1, 0.15) is 0 Å². The molecule has 1 saturated heterocycles. The van der Waals surface area contributed by atoms with E-state index in [4.69, 9.17) is 4.74 Å². The van der Waals surface area contributed by atoms with E-state index in [-0.39, 0.29) is 24.3 Å². The maximum Gasteiger partial charge on any atom is 0.310 e. The van der Waals surface area contributed by atoms with E-state index in [1.54, 1.807) is 6.92 Å². The first-order chi connectivity index (χ1) is 8.77. The fraction of sp³-hybridized carbons (Fsp3) is 0.857. The van der Waals surface area contributed by atoms with Gasteiger partial charge in [-0.2, -0.15) is 0 Å². The van der Waals surface area contributed by atoms with Gasteiger partial charge in [-0.15, -0.1) is 0 Å². The van der Waals surface area contributed by atoms with Crippen molar-refractivity contribution in [3.63, 3.8) is 0 Å². The van der Waals surface area contributed by atoms with Crippen molar-refractivity contribution >= 4 is 11.9 Å². The highest BCUT2D eigenvalue weighted by Crippen LogP contribution is 2.31. The minimum atomic E-state index is -1.02. The summed E-state index contributed by atoms with van der Waals surface area (Å²) >= 11 is 0. The van der Waals surface area contributed by atoms with Crippen LogP contribution in [0, 0.1) is 17.3 Å². The van der Waals surface area contributed by atoms with Gasteiger partial charge in [-0.3, -0.25) is 9.59 Å². The number of aliphatic carboxylic acids is 1. The molecule has 0 aliphatic carbocycles. The molecule has 0 bridgehead atoms. The Hall–Kier alpha value is -1.10. The Morgan fingerprint density at radius 2 is 2.05 bits per heavy atom. The summed E-state index contributed by atoms with van der Waals surface area (Å²) in [5.41, 5.74) is -1.02. The molecule has 1 amide bonds. The molecule has 1 heterocycles. The Morgan fingerprint density at radius 3 is 2.47 bits per heavy atom. The zero-order valence-electron chi connectivity index (χ0n) is 12.2. The highest BCUT2D eigenvalue weighted by molar-refractivity contribution is 5.85. The summed E-state index contributed by atoms with van der Waals surface area (Å²) < 4.78 is 5.29. The van der Waals surface area contributed by atoms with Crippen molar-refractivity contribution in [3.05, 3.63) is 0 Å². The molecule has 0 aromatic rings. The molecular weight excluding hydrogens is 246 g/mol. The maximum atomic E-state index is 12.0. The third kappa shape index (κ3) is 3.93. The number of hydrogen-bond donors (Lipinski definition) is 2. The number of carbonyl (C=O) groups is 2. The van der Waals surface area contributed by atoms with Crippen LogP contribution in [0.3, 0.4) is 0 Å². The highest BCUT2D eigenvalue weighted by Gasteiger charge is 2.39. The van der Waals surface area contributed by atoms with Gasteiger partial charge in [0, 0.05) is 25.0 Å². The first-order valence-corrected chi connectivity index (χ1v) is 6.88. The largest absolute Gasteiger partial charge is 0.481 e. The normalized spacial score (nSPS) is 23.9. The molecule has 0 aromatic carbocycles. The van der Waals surface area contributed by atoms with Crippen LogP contribution in [0.2, 0.25) is 0 Å². The smallest absolute Gasteiger partial charge is 0.310 e. The standard InChI is InChI=1S/C14H25NO4/c1-9(2)14(4,13(17)18)7-12(16)15-10(3)11-5-6-19-8-11/h9-11H,5-8H2,1-4H3,(H,15,16)(H,17,18). The summed E-state index contributed by atoms with van der Waals surface area (Å²) in [6, 6.07) is 0.0280. The van der Waals surface area contributed by atoms with Crippen molar-refractivity contribution < 1.29 is 19.4 Å². The number of hydrogen-bond acceptors (Lipinski definition) is 3. The number of rotatable bonds is 6. The van der Waals surface area contributed by atoms with Gasteiger partial charge in [-0.25, -0.2) is 0 Å². The summed E-state index contributed by atoms with van der Waals surface area (Å²) in [4.78, 5) is 23.4. The van der Waals surface area contributed by atoms with Gasteiger partial charge in [-0.05, 0) is 26.2 Å². The van der Waals surface area contributed by atoms with E-state index in [2.05, 4.69) is 5.32 Å². The number of nitrogens with one attached hydrogen (secondary N) is 1. The lowest BCUT2D eigenvalue weighted by atomic mass is 9.76. The van der Waals surface area contributed by atoms with Crippen LogP contribution in [-0.4, -0.2) is 36.2 Å². The summed E-state index contributed by atoms with van der Waals surface area (Å²) in [5.74, 6) is -0.882. The number of carbonyl (C=O) groups excluding carboxylic acids is 1. The van der Waals surface area contributed by atoms with Gasteiger partial charge in [0.25, 0.3) is 0 Å². The zero-order chi connectivity index (χ0) is 14.6. The van der Waals surface area contributed by atoms with E-state index < -0.39 is 11.4 Å². The lowest BCUT2D eigenvalue weighted by Gasteiger charge is -2.29. The SMILES string of the molecule is CC(NC(=O)CC(C)(C(=O)O)C(C)C)C1CCOC1. The predicted molar refractivity (Wildman–Crippen MR) is 71.7 cm³/mol. The molecule has 0 radical (unpaired) electrons. The molecule has 3 atom stereocenters. The maximum absolute atomic E-state index is 12.0. The third-order valence-electron chi connectivity index (χ3n) is 4.35. The van der Waals surface area contributed by atoms with Gasteiger partial charge < -0.3 is 15.2 Å². The Kier molecular flexibility index (Phi) is 5.35. The molecule has 1 aliphatic rings. The summed E-state index contributed by atoms with van der Waals surface area (Å²) in [5, 5.41) is 12.2. The van der Waals surface area contributed by atoms with E-state index in [0.29, 0.717) is 12.5 Å². The van der Waals surface area contributed by atoms with Crippen molar-refractivity contribution in [2.45, 2.75) is 46.6 Å². The molecule has 0 aromatic heterocycles. The molecule has 0 spiro atoms. The van der Waals surface area contributed by atoms with E-state index in [1.807, 2.05) is 20.8 Å². The van der Waals surface area contributed by atoms with Gasteiger partial charge >= 0.3 is 5.97 Å².